The maximum absolute atomic E-state index is 12.2. The fraction of sp³-hybridized carbons (Fsp3) is 0.471. The minimum atomic E-state index is -0.389. The molecule has 0 bridgehead atoms. The summed E-state index contributed by atoms with van der Waals surface area (Å²) in [5, 5.41) is 4.73. The first kappa shape index (κ1) is 16.7. The largest absolute Gasteiger partial charge is 0.465 e. The van der Waals surface area contributed by atoms with Gasteiger partial charge in [-0.15, -0.1) is 11.3 Å². The van der Waals surface area contributed by atoms with E-state index < -0.39 is 0 Å². The van der Waals surface area contributed by atoms with Gasteiger partial charge in [-0.05, 0) is 37.3 Å². The Kier molecular flexibility index (Phi) is 5.30. The van der Waals surface area contributed by atoms with Gasteiger partial charge >= 0.3 is 5.97 Å². The highest BCUT2D eigenvalue weighted by Crippen LogP contribution is 2.32. The van der Waals surface area contributed by atoms with Crippen LogP contribution in [0.3, 0.4) is 0 Å². The third-order valence-corrected chi connectivity index (χ3v) is 5.17. The second-order valence-electron chi connectivity index (χ2n) is 5.75. The van der Waals surface area contributed by atoms with Crippen LogP contribution in [0.2, 0.25) is 0 Å². The minimum absolute atomic E-state index is 0.0451. The molecule has 128 valence electrons. The summed E-state index contributed by atoms with van der Waals surface area (Å²) in [6, 6.07) is 4.07. The number of ether oxygens (including phenoxy) is 1. The molecule has 1 fully saturated rings. The first-order chi connectivity index (χ1) is 11.7. The van der Waals surface area contributed by atoms with E-state index in [1.807, 2.05) is 18.3 Å². The van der Waals surface area contributed by atoms with Gasteiger partial charge in [-0.2, -0.15) is 0 Å². The van der Waals surface area contributed by atoms with Crippen molar-refractivity contribution in [2.24, 2.45) is 5.92 Å². The van der Waals surface area contributed by atoms with Gasteiger partial charge in [0.15, 0.2) is 0 Å². The summed E-state index contributed by atoms with van der Waals surface area (Å²) in [6.07, 6.45) is 3.40. The summed E-state index contributed by atoms with van der Waals surface area (Å²) >= 11 is 1.70. The fourth-order valence-corrected chi connectivity index (χ4v) is 3.90. The van der Waals surface area contributed by atoms with Gasteiger partial charge in [0.1, 0.15) is 6.54 Å². The van der Waals surface area contributed by atoms with E-state index in [0.29, 0.717) is 6.61 Å². The number of nitrogens with one attached hydrogen (secondary N) is 1. The van der Waals surface area contributed by atoms with Crippen molar-refractivity contribution in [2.75, 3.05) is 31.1 Å². The molecule has 0 aliphatic carbocycles. The third-order valence-electron chi connectivity index (χ3n) is 4.24. The van der Waals surface area contributed by atoms with Crippen LogP contribution in [-0.2, 0) is 14.3 Å². The molecule has 1 saturated heterocycles. The maximum atomic E-state index is 12.2. The van der Waals surface area contributed by atoms with Gasteiger partial charge in [0, 0.05) is 25.2 Å². The summed E-state index contributed by atoms with van der Waals surface area (Å²) in [6.45, 7) is 3.69. The van der Waals surface area contributed by atoms with E-state index in [9.17, 15) is 9.59 Å². The average molecular weight is 347 g/mol. The van der Waals surface area contributed by atoms with Gasteiger partial charge in [0.2, 0.25) is 5.91 Å². The highest BCUT2D eigenvalue weighted by molar-refractivity contribution is 7.17. The van der Waals surface area contributed by atoms with Gasteiger partial charge in [0.25, 0.3) is 0 Å². The Balaban J connectivity index is 1.55. The molecule has 1 N–H and O–H groups in total. The maximum Gasteiger partial charge on any atom is 0.325 e. The zero-order valence-corrected chi connectivity index (χ0v) is 14.5. The normalized spacial score (nSPS) is 15.5. The van der Waals surface area contributed by atoms with Crippen molar-refractivity contribution in [3.8, 4) is 0 Å². The zero-order valence-electron chi connectivity index (χ0n) is 13.7. The highest BCUT2D eigenvalue weighted by Gasteiger charge is 2.26. The molecule has 0 unspecified atom stereocenters. The standard InChI is InChI=1S/C17H21N3O3S/c1-2-23-15(21)11-19-17(22)12-4-8-20(9-5-12)14-3-7-18-13-6-10-24-16(13)14/h3,6-7,10,12H,2,4-5,8-9,11H2,1H3,(H,19,22). The lowest BCUT2D eigenvalue weighted by Gasteiger charge is -2.33. The smallest absolute Gasteiger partial charge is 0.325 e. The monoisotopic (exact) mass is 347 g/mol. The molecule has 1 amide bonds. The predicted molar refractivity (Wildman–Crippen MR) is 94.2 cm³/mol. The van der Waals surface area contributed by atoms with Gasteiger partial charge in [-0.25, -0.2) is 0 Å². The third kappa shape index (κ3) is 3.67. The van der Waals surface area contributed by atoms with Crippen molar-refractivity contribution in [2.45, 2.75) is 19.8 Å². The first-order valence-electron chi connectivity index (χ1n) is 8.19. The van der Waals surface area contributed by atoms with E-state index in [4.69, 9.17) is 4.74 Å². The Hall–Kier alpha value is -2.15. The number of amides is 1. The van der Waals surface area contributed by atoms with Crippen LogP contribution >= 0.6 is 11.3 Å². The highest BCUT2D eigenvalue weighted by atomic mass is 32.1. The number of rotatable bonds is 5. The molecule has 6 nitrogen and oxygen atoms in total. The number of fused-ring (bicyclic) bond motifs is 1. The molecule has 3 rings (SSSR count). The molecule has 3 heterocycles. The van der Waals surface area contributed by atoms with Crippen molar-refractivity contribution in [3.63, 3.8) is 0 Å². The van der Waals surface area contributed by atoms with Crippen molar-refractivity contribution >= 4 is 39.1 Å². The summed E-state index contributed by atoms with van der Waals surface area (Å²) in [5.74, 6) is -0.491. The molecule has 24 heavy (non-hydrogen) atoms. The number of anilines is 1. The van der Waals surface area contributed by atoms with E-state index >= 15 is 0 Å². The minimum Gasteiger partial charge on any atom is -0.465 e. The molecule has 2 aromatic heterocycles. The number of pyridine rings is 1. The van der Waals surface area contributed by atoms with Crippen LogP contribution in [0.25, 0.3) is 10.2 Å². The Labute approximate surface area is 144 Å². The molecule has 1 aliphatic rings. The Morgan fingerprint density at radius 3 is 2.92 bits per heavy atom. The average Bonchev–Trinajstić information content (AvgIpc) is 3.09. The molecule has 0 atom stereocenters. The van der Waals surface area contributed by atoms with Crippen LogP contribution in [0, 0.1) is 5.92 Å². The number of carbonyl (C=O) groups is 2. The molecule has 0 saturated carbocycles. The van der Waals surface area contributed by atoms with Gasteiger partial charge in [-0.3, -0.25) is 14.6 Å². The van der Waals surface area contributed by atoms with Crippen LogP contribution in [0.1, 0.15) is 19.8 Å². The molecule has 7 heteroatoms. The lowest BCUT2D eigenvalue weighted by molar-refractivity contribution is -0.143. The lowest BCUT2D eigenvalue weighted by Crippen LogP contribution is -2.42. The van der Waals surface area contributed by atoms with E-state index in [2.05, 4.69) is 20.6 Å². The van der Waals surface area contributed by atoms with E-state index in [-0.39, 0.29) is 24.3 Å². The summed E-state index contributed by atoms with van der Waals surface area (Å²) < 4.78 is 6.02. The number of nitrogens with zero attached hydrogens (tertiary/aromatic N) is 2. The summed E-state index contributed by atoms with van der Waals surface area (Å²) in [7, 11) is 0. The zero-order chi connectivity index (χ0) is 16.9. The molecule has 2 aromatic rings. The second-order valence-corrected chi connectivity index (χ2v) is 6.67. The van der Waals surface area contributed by atoms with Crippen molar-refractivity contribution in [1.82, 2.24) is 10.3 Å². The molecule has 0 aromatic carbocycles. The first-order valence-corrected chi connectivity index (χ1v) is 9.07. The lowest BCUT2D eigenvalue weighted by atomic mass is 9.95. The summed E-state index contributed by atoms with van der Waals surface area (Å²) in [5.41, 5.74) is 2.21. The number of aromatic nitrogens is 1. The number of carbonyl (C=O) groups excluding carboxylic acids is 2. The number of hydrogen-bond donors (Lipinski definition) is 1. The summed E-state index contributed by atoms with van der Waals surface area (Å²) in [4.78, 5) is 30.2. The predicted octanol–water partition coefficient (Wildman–Crippen LogP) is 2.19. The van der Waals surface area contributed by atoms with Crippen molar-refractivity contribution < 1.29 is 14.3 Å². The van der Waals surface area contributed by atoms with Gasteiger partial charge < -0.3 is 15.0 Å². The SMILES string of the molecule is CCOC(=O)CNC(=O)C1CCN(c2ccnc3ccsc23)CC1. The molecular formula is C17H21N3O3S. The van der Waals surface area contributed by atoms with E-state index in [1.165, 1.54) is 10.4 Å². The second kappa shape index (κ2) is 7.61. The van der Waals surface area contributed by atoms with Crippen LogP contribution in [-0.4, -0.2) is 43.1 Å². The Morgan fingerprint density at radius 2 is 2.17 bits per heavy atom. The number of hydrogen-bond acceptors (Lipinski definition) is 6. The van der Waals surface area contributed by atoms with E-state index in [0.717, 1.165) is 31.4 Å². The molecule has 1 aliphatic heterocycles. The fourth-order valence-electron chi connectivity index (χ4n) is 3.01. The van der Waals surface area contributed by atoms with Crippen LogP contribution in [0.5, 0.6) is 0 Å². The van der Waals surface area contributed by atoms with Crippen LogP contribution in [0.15, 0.2) is 23.7 Å². The van der Waals surface area contributed by atoms with Crippen molar-refractivity contribution in [3.05, 3.63) is 23.7 Å². The Morgan fingerprint density at radius 1 is 1.38 bits per heavy atom. The van der Waals surface area contributed by atoms with Crippen LogP contribution in [0.4, 0.5) is 5.69 Å². The van der Waals surface area contributed by atoms with Gasteiger partial charge in [0.05, 0.1) is 22.5 Å². The van der Waals surface area contributed by atoms with E-state index in [1.54, 1.807) is 18.3 Å². The molecular weight excluding hydrogens is 326 g/mol. The quantitative estimate of drug-likeness (QED) is 0.840. The number of esters is 1. The molecule has 0 radical (unpaired) electrons. The Bertz CT molecular complexity index is 723. The topological polar surface area (TPSA) is 71.5 Å². The van der Waals surface area contributed by atoms with Crippen LogP contribution < -0.4 is 10.2 Å². The number of thiophene rings is 1. The molecule has 0 spiro atoms. The van der Waals surface area contributed by atoms with Crippen molar-refractivity contribution in [1.29, 1.82) is 0 Å². The number of piperidine rings is 1. The van der Waals surface area contributed by atoms with Gasteiger partial charge in [-0.1, -0.05) is 0 Å².